The Balaban J connectivity index is 1.82. The van der Waals surface area contributed by atoms with E-state index in [9.17, 15) is 4.79 Å². The smallest absolute Gasteiger partial charge is 0.227 e. The lowest BCUT2D eigenvalue weighted by Gasteiger charge is -2.21. The summed E-state index contributed by atoms with van der Waals surface area (Å²) >= 11 is 0. The summed E-state index contributed by atoms with van der Waals surface area (Å²) in [5.74, 6) is 0.392. The summed E-state index contributed by atoms with van der Waals surface area (Å²) in [6.45, 7) is 0. The van der Waals surface area contributed by atoms with Crippen LogP contribution in [0.15, 0.2) is 42.5 Å². The molecule has 2 aromatic rings. The molecule has 0 bridgehead atoms. The van der Waals surface area contributed by atoms with Crippen LogP contribution in [0.1, 0.15) is 32.1 Å². The second-order valence-corrected chi connectivity index (χ2v) is 5.35. The molecule has 1 aliphatic rings. The Morgan fingerprint density at radius 2 is 1.68 bits per heavy atom. The zero-order chi connectivity index (χ0) is 13.1. The number of carbonyl (C=O) groups excluding carboxylic acids is 1. The largest absolute Gasteiger partial charge is 0.325 e. The van der Waals surface area contributed by atoms with Crippen molar-refractivity contribution in [3.8, 4) is 0 Å². The van der Waals surface area contributed by atoms with Gasteiger partial charge in [-0.05, 0) is 24.3 Å². The number of anilines is 1. The number of hydrogen-bond donors (Lipinski definition) is 1. The summed E-state index contributed by atoms with van der Waals surface area (Å²) < 4.78 is 0. The number of amides is 1. The molecule has 0 saturated heterocycles. The molecule has 1 aliphatic carbocycles. The number of carbonyl (C=O) groups is 1. The average Bonchev–Trinajstić information content (AvgIpc) is 2.48. The summed E-state index contributed by atoms with van der Waals surface area (Å²) in [7, 11) is 0. The molecule has 2 heteroatoms. The lowest BCUT2D eigenvalue weighted by Crippen LogP contribution is -2.24. The van der Waals surface area contributed by atoms with Crippen molar-refractivity contribution in [1.29, 1.82) is 0 Å². The zero-order valence-electron chi connectivity index (χ0n) is 11.1. The van der Waals surface area contributed by atoms with Crippen LogP contribution in [0.2, 0.25) is 0 Å². The first-order valence-corrected chi connectivity index (χ1v) is 7.13. The minimum atomic E-state index is 0.191. The molecule has 0 aliphatic heterocycles. The molecule has 2 nitrogen and oxygen atoms in total. The molecule has 98 valence electrons. The first-order valence-electron chi connectivity index (χ1n) is 7.13. The summed E-state index contributed by atoms with van der Waals surface area (Å²) in [6, 6.07) is 14.2. The number of nitrogens with one attached hydrogen (secondary N) is 1. The second kappa shape index (κ2) is 5.43. The van der Waals surface area contributed by atoms with Crippen molar-refractivity contribution in [3.63, 3.8) is 0 Å². The van der Waals surface area contributed by atoms with Crippen LogP contribution in [0, 0.1) is 5.92 Å². The molecule has 2 aromatic carbocycles. The summed E-state index contributed by atoms with van der Waals surface area (Å²) in [5, 5.41) is 5.41. The van der Waals surface area contributed by atoms with Crippen LogP contribution in [-0.2, 0) is 4.79 Å². The molecule has 3 rings (SSSR count). The van der Waals surface area contributed by atoms with Gasteiger partial charge in [0.1, 0.15) is 0 Å². The Labute approximate surface area is 113 Å². The van der Waals surface area contributed by atoms with Crippen LogP contribution in [0.3, 0.4) is 0 Å². The van der Waals surface area contributed by atoms with E-state index in [2.05, 4.69) is 23.5 Å². The molecule has 0 spiro atoms. The van der Waals surface area contributed by atoms with Gasteiger partial charge in [0.05, 0.1) is 0 Å². The van der Waals surface area contributed by atoms with Gasteiger partial charge in [0.25, 0.3) is 0 Å². The molecular weight excluding hydrogens is 234 g/mol. The van der Waals surface area contributed by atoms with Crippen molar-refractivity contribution in [2.45, 2.75) is 32.1 Å². The summed E-state index contributed by atoms with van der Waals surface area (Å²) in [4.78, 5) is 12.3. The Bertz CT molecular complexity index is 579. The highest BCUT2D eigenvalue weighted by molar-refractivity contribution is 6.02. The molecule has 1 N–H and O–H groups in total. The van der Waals surface area contributed by atoms with Crippen molar-refractivity contribution in [3.05, 3.63) is 42.5 Å². The number of rotatable bonds is 2. The van der Waals surface area contributed by atoms with Gasteiger partial charge >= 0.3 is 0 Å². The van der Waals surface area contributed by atoms with E-state index in [1.54, 1.807) is 0 Å². The van der Waals surface area contributed by atoms with Crippen molar-refractivity contribution < 1.29 is 4.79 Å². The van der Waals surface area contributed by atoms with Gasteiger partial charge in [-0.2, -0.15) is 0 Å². The fraction of sp³-hybridized carbons (Fsp3) is 0.353. The van der Waals surface area contributed by atoms with E-state index in [1.807, 2.05) is 24.3 Å². The molecule has 1 saturated carbocycles. The van der Waals surface area contributed by atoms with Crippen molar-refractivity contribution in [1.82, 2.24) is 0 Å². The summed E-state index contributed by atoms with van der Waals surface area (Å²) in [5.41, 5.74) is 0.939. The fourth-order valence-electron chi connectivity index (χ4n) is 2.93. The van der Waals surface area contributed by atoms with Crippen molar-refractivity contribution in [2.24, 2.45) is 5.92 Å². The fourth-order valence-corrected chi connectivity index (χ4v) is 2.93. The van der Waals surface area contributed by atoms with Crippen LogP contribution < -0.4 is 5.32 Å². The van der Waals surface area contributed by atoms with Crippen LogP contribution >= 0.6 is 0 Å². The van der Waals surface area contributed by atoms with E-state index in [0.717, 1.165) is 23.9 Å². The van der Waals surface area contributed by atoms with Crippen molar-refractivity contribution in [2.75, 3.05) is 5.32 Å². The monoisotopic (exact) mass is 253 g/mol. The van der Waals surface area contributed by atoms with E-state index in [1.165, 1.54) is 24.6 Å². The molecule has 1 amide bonds. The molecule has 0 unspecified atom stereocenters. The topological polar surface area (TPSA) is 29.1 Å². The maximum Gasteiger partial charge on any atom is 0.227 e. The molecule has 0 radical (unpaired) electrons. The third-order valence-electron chi connectivity index (χ3n) is 4.02. The highest BCUT2D eigenvalue weighted by Crippen LogP contribution is 2.27. The van der Waals surface area contributed by atoms with Gasteiger partial charge in [-0.3, -0.25) is 4.79 Å². The minimum Gasteiger partial charge on any atom is -0.325 e. The third-order valence-corrected chi connectivity index (χ3v) is 4.02. The van der Waals surface area contributed by atoms with E-state index in [0.29, 0.717) is 0 Å². The zero-order valence-corrected chi connectivity index (χ0v) is 11.1. The van der Waals surface area contributed by atoms with Gasteiger partial charge in [0.15, 0.2) is 0 Å². The maximum atomic E-state index is 12.3. The summed E-state index contributed by atoms with van der Waals surface area (Å²) in [6.07, 6.45) is 5.73. The molecule has 0 aromatic heterocycles. The Morgan fingerprint density at radius 3 is 2.53 bits per heavy atom. The molecule has 1 fully saturated rings. The van der Waals surface area contributed by atoms with Gasteiger partial charge in [-0.15, -0.1) is 0 Å². The highest BCUT2D eigenvalue weighted by atomic mass is 16.1. The highest BCUT2D eigenvalue weighted by Gasteiger charge is 2.21. The number of hydrogen-bond acceptors (Lipinski definition) is 1. The minimum absolute atomic E-state index is 0.191. The SMILES string of the molecule is O=C(Nc1cccc2ccccc12)C1CCCCC1. The standard InChI is InChI=1S/C17H19NO/c19-17(14-8-2-1-3-9-14)18-16-12-6-10-13-7-4-5-11-15(13)16/h4-7,10-12,14H,1-3,8-9H2,(H,18,19). The van der Waals surface area contributed by atoms with Gasteiger partial charge in [-0.25, -0.2) is 0 Å². The van der Waals surface area contributed by atoms with E-state index < -0.39 is 0 Å². The second-order valence-electron chi connectivity index (χ2n) is 5.35. The average molecular weight is 253 g/mol. The van der Waals surface area contributed by atoms with Crippen LogP contribution in [0.4, 0.5) is 5.69 Å². The van der Waals surface area contributed by atoms with Gasteiger partial charge < -0.3 is 5.32 Å². The quantitative estimate of drug-likeness (QED) is 0.846. The first-order chi connectivity index (χ1) is 9.34. The van der Waals surface area contributed by atoms with Crippen LogP contribution in [-0.4, -0.2) is 5.91 Å². The van der Waals surface area contributed by atoms with Crippen LogP contribution in [0.5, 0.6) is 0 Å². The number of benzene rings is 2. The molecule has 0 heterocycles. The normalized spacial score (nSPS) is 16.4. The molecular formula is C17H19NO. The lowest BCUT2D eigenvalue weighted by molar-refractivity contribution is -0.120. The molecule has 0 atom stereocenters. The molecule has 19 heavy (non-hydrogen) atoms. The van der Waals surface area contributed by atoms with Gasteiger partial charge in [0.2, 0.25) is 5.91 Å². The van der Waals surface area contributed by atoms with E-state index in [-0.39, 0.29) is 11.8 Å². The van der Waals surface area contributed by atoms with E-state index >= 15 is 0 Å². The Kier molecular flexibility index (Phi) is 3.49. The Morgan fingerprint density at radius 1 is 0.947 bits per heavy atom. The lowest BCUT2D eigenvalue weighted by atomic mass is 9.88. The predicted octanol–water partition coefficient (Wildman–Crippen LogP) is 4.36. The van der Waals surface area contributed by atoms with Crippen molar-refractivity contribution >= 4 is 22.4 Å². The predicted molar refractivity (Wildman–Crippen MR) is 79.2 cm³/mol. The van der Waals surface area contributed by atoms with E-state index in [4.69, 9.17) is 0 Å². The Hall–Kier alpha value is -1.83. The van der Waals surface area contributed by atoms with Gasteiger partial charge in [-0.1, -0.05) is 55.7 Å². The maximum absolute atomic E-state index is 12.3. The van der Waals surface area contributed by atoms with Crippen LogP contribution in [0.25, 0.3) is 10.8 Å². The first kappa shape index (κ1) is 12.2. The van der Waals surface area contributed by atoms with Gasteiger partial charge in [0, 0.05) is 17.0 Å². The number of fused-ring (bicyclic) bond motifs is 1. The third kappa shape index (κ3) is 2.62.